The Morgan fingerprint density at radius 3 is 2.52 bits per heavy atom. The van der Waals surface area contributed by atoms with Gasteiger partial charge in [0.2, 0.25) is 11.8 Å². The number of aromatic nitrogens is 2. The summed E-state index contributed by atoms with van der Waals surface area (Å²) in [6.45, 7) is 4.39. The van der Waals surface area contributed by atoms with Gasteiger partial charge in [0.1, 0.15) is 0 Å². The number of nitrogens with zero attached hydrogens (tertiary/aromatic N) is 4. The minimum Gasteiger partial charge on any atom is -0.419 e. The molecule has 8 heteroatoms. The predicted octanol–water partition coefficient (Wildman–Crippen LogP) is 2.41. The van der Waals surface area contributed by atoms with Crippen molar-refractivity contribution in [2.75, 3.05) is 13.6 Å². The molecule has 2 unspecified atom stereocenters. The minimum absolute atomic E-state index is 0.0136. The highest BCUT2D eigenvalue weighted by Crippen LogP contribution is 2.24. The van der Waals surface area contributed by atoms with Crippen molar-refractivity contribution < 1.29 is 14.4 Å². The summed E-state index contributed by atoms with van der Waals surface area (Å²) in [5.41, 5.74) is 0.646. The maximum absolute atomic E-state index is 10.7. The number of rotatable bonds is 7. The molecule has 2 atom stereocenters. The Bertz CT molecular complexity index is 654. The van der Waals surface area contributed by atoms with E-state index in [9.17, 15) is 15.2 Å². The van der Waals surface area contributed by atoms with Gasteiger partial charge in [-0.3, -0.25) is 15.0 Å². The molecular formula is C15H20N4O4. The van der Waals surface area contributed by atoms with E-state index < -0.39 is 4.92 Å². The lowest BCUT2D eigenvalue weighted by Crippen LogP contribution is -2.26. The predicted molar refractivity (Wildman–Crippen MR) is 83.7 cm³/mol. The number of benzene rings is 1. The first-order chi connectivity index (χ1) is 10.9. The van der Waals surface area contributed by atoms with Crippen molar-refractivity contribution in [3.8, 4) is 11.5 Å². The van der Waals surface area contributed by atoms with Gasteiger partial charge in [-0.05, 0) is 39.4 Å². The molecule has 0 fully saturated rings. The van der Waals surface area contributed by atoms with E-state index in [4.69, 9.17) is 4.42 Å². The van der Waals surface area contributed by atoms with Gasteiger partial charge < -0.3 is 9.52 Å². The third kappa shape index (κ3) is 4.33. The van der Waals surface area contributed by atoms with Crippen molar-refractivity contribution in [3.05, 3.63) is 40.3 Å². The maximum atomic E-state index is 10.7. The zero-order valence-electron chi connectivity index (χ0n) is 13.3. The summed E-state index contributed by atoms with van der Waals surface area (Å²) in [6.07, 6.45) is 0.299. The van der Waals surface area contributed by atoms with E-state index in [1.807, 2.05) is 18.9 Å². The molecule has 0 spiro atoms. The Hall–Kier alpha value is -2.32. The first-order valence-corrected chi connectivity index (χ1v) is 7.35. The molecule has 124 valence electrons. The second-order valence-corrected chi connectivity index (χ2v) is 5.54. The zero-order valence-corrected chi connectivity index (χ0v) is 13.3. The summed E-state index contributed by atoms with van der Waals surface area (Å²) in [5, 5.41) is 28.0. The van der Waals surface area contributed by atoms with Gasteiger partial charge >= 0.3 is 0 Å². The largest absolute Gasteiger partial charge is 0.419 e. The van der Waals surface area contributed by atoms with Gasteiger partial charge in [0.05, 0.1) is 17.1 Å². The van der Waals surface area contributed by atoms with Crippen molar-refractivity contribution in [2.24, 2.45) is 0 Å². The summed E-state index contributed by atoms with van der Waals surface area (Å²) >= 11 is 0. The molecule has 0 saturated heterocycles. The third-order valence-corrected chi connectivity index (χ3v) is 3.68. The van der Waals surface area contributed by atoms with Gasteiger partial charge in [0, 0.05) is 24.2 Å². The van der Waals surface area contributed by atoms with E-state index in [-0.39, 0.29) is 17.8 Å². The van der Waals surface area contributed by atoms with E-state index in [0.717, 1.165) is 0 Å². The molecule has 0 aliphatic rings. The molecule has 0 aliphatic carbocycles. The highest BCUT2D eigenvalue weighted by Gasteiger charge is 2.19. The van der Waals surface area contributed by atoms with Crippen LogP contribution in [0.25, 0.3) is 11.5 Å². The van der Waals surface area contributed by atoms with Gasteiger partial charge in [-0.1, -0.05) is 0 Å². The van der Waals surface area contributed by atoms with Crippen LogP contribution in [0.4, 0.5) is 5.69 Å². The van der Waals surface area contributed by atoms with Crippen molar-refractivity contribution in [1.82, 2.24) is 15.1 Å². The van der Waals surface area contributed by atoms with E-state index in [1.165, 1.54) is 12.1 Å². The molecule has 2 rings (SSSR count). The number of non-ortho nitro benzene ring substituents is 1. The molecule has 1 N–H and O–H groups in total. The van der Waals surface area contributed by atoms with Crippen LogP contribution in [0, 0.1) is 10.1 Å². The van der Waals surface area contributed by atoms with Gasteiger partial charge in [-0.2, -0.15) is 0 Å². The van der Waals surface area contributed by atoms with E-state index in [2.05, 4.69) is 10.2 Å². The number of nitro groups is 1. The monoisotopic (exact) mass is 320 g/mol. The van der Waals surface area contributed by atoms with Gasteiger partial charge in [0.15, 0.2) is 0 Å². The lowest BCUT2D eigenvalue weighted by atomic mass is 10.2. The van der Waals surface area contributed by atoms with Crippen LogP contribution in [0.3, 0.4) is 0 Å². The van der Waals surface area contributed by atoms with E-state index in [0.29, 0.717) is 30.3 Å². The highest BCUT2D eigenvalue weighted by atomic mass is 16.6. The zero-order chi connectivity index (χ0) is 17.0. The second-order valence-electron chi connectivity index (χ2n) is 5.54. The molecule has 23 heavy (non-hydrogen) atoms. The molecular weight excluding hydrogens is 300 g/mol. The average Bonchev–Trinajstić information content (AvgIpc) is 3.01. The number of aliphatic hydroxyl groups excluding tert-OH is 1. The highest BCUT2D eigenvalue weighted by molar-refractivity contribution is 5.55. The normalized spacial score (nSPS) is 14.0. The third-order valence-electron chi connectivity index (χ3n) is 3.68. The molecule has 0 bridgehead atoms. The summed E-state index contributed by atoms with van der Waals surface area (Å²) in [4.78, 5) is 12.2. The Kier molecular flexibility index (Phi) is 5.41. The Morgan fingerprint density at radius 2 is 1.96 bits per heavy atom. The van der Waals surface area contributed by atoms with Crippen molar-refractivity contribution in [1.29, 1.82) is 0 Å². The molecule has 0 aliphatic heterocycles. The number of nitro benzene ring substituents is 1. The summed E-state index contributed by atoms with van der Waals surface area (Å²) in [6, 6.07) is 5.87. The van der Waals surface area contributed by atoms with Crippen LogP contribution < -0.4 is 0 Å². The maximum Gasteiger partial charge on any atom is 0.269 e. The van der Waals surface area contributed by atoms with Crippen molar-refractivity contribution in [2.45, 2.75) is 32.4 Å². The van der Waals surface area contributed by atoms with Crippen LogP contribution in [0.1, 0.15) is 32.2 Å². The number of hydrogen-bond donors (Lipinski definition) is 1. The number of hydrogen-bond acceptors (Lipinski definition) is 7. The summed E-state index contributed by atoms with van der Waals surface area (Å²) < 4.78 is 5.66. The van der Waals surface area contributed by atoms with Gasteiger partial charge in [-0.15, -0.1) is 10.2 Å². The summed E-state index contributed by atoms with van der Waals surface area (Å²) in [5.74, 6) is 0.789. The van der Waals surface area contributed by atoms with Gasteiger partial charge in [0.25, 0.3) is 5.69 Å². The van der Waals surface area contributed by atoms with Crippen LogP contribution in [-0.2, 0) is 0 Å². The standard InChI is InChI=1S/C15H20N4O4/c1-10(20)8-9-18(3)11(2)14-16-17-15(23-14)12-4-6-13(7-5-12)19(21)22/h4-7,10-11,20H,8-9H2,1-3H3. The molecule has 8 nitrogen and oxygen atoms in total. The Morgan fingerprint density at radius 1 is 1.30 bits per heavy atom. The SMILES string of the molecule is CC(O)CCN(C)C(C)c1nnc(-c2ccc([N+](=O)[O-])cc2)o1. The summed E-state index contributed by atoms with van der Waals surface area (Å²) in [7, 11) is 1.92. The van der Waals surface area contributed by atoms with E-state index >= 15 is 0 Å². The first-order valence-electron chi connectivity index (χ1n) is 7.35. The topological polar surface area (TPSA) is 106 Å². The van der Waals surface area contributed by atoms with Crippen LogP contribution >= 0.6 is 0 Å². The molecule has 0 amide bonds. The second kappa shape index (κ2) is 7.30. The average molecular weight is 320 g/mol. The molecule has 1 aromatic heterocycles. The fourth-order valence-electron chi connectivity index (χ4n) is 2.02. The number of aliphatic hydroxyl groups is 1. The molecule has 2 aromatic rings. The minimum atomic E-state index is -0.456. The Labute approximate surface area is 133 Å². The quantitative estimate of drug-likeness (QED) is 0.616. The molecule has 0 saturated carbocycles. The molecule has 1 aromatic carbocycles. The fourth-order valence-corrected chi connectivity index (χ4v) is 2.02. The van der Waals surface area contributed by atoms with Crippen LogP contribution in [0.15, 0.2) is 28.7 Å². The first kappa shape index (κ1) is 17.0. The van der Waals surface area contributed by atoms with Gasteiger partial charge in [-0.25, -0.2) is 0 Å². The molecule has 0 radical (unpaired) electrons. The van der Waals surface area contributed by atoms with E-state index in [1.54, 1.807) is 19.1 Å². The fraction of sp³-hybridized carbons (Fsp3) is 0.467. The lowest BCUT2D eigenvalue weighted by molar-refractivity contribution is -0.384. The molecule has 1 heterocycles. The smallest absolute Gasteiger partial charge is 0.269 e. The lowest BCUT2D eigenvalue weighted by Gasteiger charge is -2.22. The Balaban J connectivity index is 2.08. The van der Waals surface area contributed by atoms with Crippen molar-refractivity contribution >= 4 is 5.69 Å². The van der Waals surface area contributed by atoms with Crippen LogP contribution in [0.2, 0.25) is 0 Å². The van der Waals surface area contributed by atoms with Crippen molar-refractivity contribution in [3.63, 3.8) is 0 Å². The van der Waals surface area contributed by atoms with Crippen LogP contribution in [-0.4, -0.2) is 44.8 Å². The van der Waals surface area contributed by atoms with Crippen LogP contribution in [0.5, 0.6) is 0 Å².